The highest BCUT2D eigenvalue weighted by Gasteiger charge is 2.24. The van der Waals surface area contributed by atoms with Crippen LogP contribution in [0.1, 0.15) is 290 Å². The number of esters is 1. The molecule has 3 atom stereocenters. The predicted octanol–water partition coefficient (Wildman–Crippen LogP) is 16.8. The Morgan fingerprint density at radius 3 is 1.25 bits per heavy atom. The molecule has 63 heavy (non-hydrogen) atoms. The van der Waals surface area contributed by atoms with Gasteiger partial charge in [0.05, 0.1) is 25.2 Å². The number of aliphatic hydroxyl groups is 2. The summed E-state index contributed by atoms with van der Waals surface area (Å²) < 4.78 is 5.94. The number of ether oxygens (including phenoxy) is 1. The summed E-state index contributed by atoms with van der Waals surface area (Å²) in [5.41, 5.74) is 0. The summed E-state index contributed by atoms with van der Waals surface area (Å²) in [6.07, 6.45) is 60.6. The first-order valence-corrected chi connectivity index (χ1v) is 27.7. The zero-order valence-corrected chi connectivity index (χ0v) is 42.2. The number of allylic oxidation sites excluding steroid dienone is 6. The highest BCUT2D eigenvalue weighted by atomic mass is 16.5. The average molecular weight is 886 g/mol. The second-order valence-electron chi connectivity index (χ2n) is 19.0. The molecule has 0 aromatic carbocycles. The van der Waals surface area contributed by atoms with Crippen LogP contribution in [-0.2, 0) is 14.3 Å². The Balaban J connectivity index is 4.55. The Hall–Kier alpha value is -1.92. The molecule has 0 aromatic heterocycles. The minimum absolute atomic E-state index is 0.0649. The number of nitrogens with one attached hydrogen (secondary N) is 1. The first kappa shape index (κ1) is 61.1. The molecule has 6 heteroatoms. The Bertz CT molecular complexity index is 1040. The van der Waals surface area contributed by atoms with E-state index in [0.717, 1.165) is 77.0 Å². The first-order valence-electron chi connectivity index (χ1n) is 27.7. The van der Waals surface area contributed by atoms with Crippen molar-refractivity contribution in [3.8, 4) is 0 Å². The molecule has 6 nitrogen and oxygen atoms in total. The molecule has 0 heterocycles. The summed E-state index contributed by atoms with van der Waals surface area (Å²) >= 11 is 0. The van der Waals surface area contributed by atoms with Gasteiger partial charge in [0.25, 0.3) is 0 Å². The van der Waals surface area contributed by atoms with E-state index < -0.39 is 18.2 Å². The molecule has 0 aliphatic heterocycles. The van der Waals surface area contributed by atoms with E-state index in [1.807, 2.05) is 0 Å². The molecule has 0 bridgehead atoms. The van der Waals surface area contributed by atoms with E-state index in [0.29, 0.717) is 19.3 Å². The number of amides is 1. The Morgan fingerprint density at radius 1 is 0.460 bits per heavy atom. The van der Waals surface area contributed by atoms with Crippen LogP contribution in [-0.4, -0.2) is 46.9 Å². The molecular formula is C57H107NO5. The van der Waals surface area contributed by atoms with Crippen LogP contribution in [0.15, 0.2) is 36.5 Å². The molecule has 0 aliphatic rings. The van der Waals surface area contributed by atoms with Crippen LogP contribution in [0.5, 0.6) is 0 Å². The van der Waals surface area contributed by atoms with E-state index in [2.05, 4.69) is 62.5 Å². The van der Waals surface area contributed by atoms with Crippen molar-refractivity contribution in [3.63, 3.8) is 0 Å². The normalized spacial score (nSPS) is 13.4. The molecule has 0 saturated heterocycles. The highest BCUT2D eigenvalue weighted by Crippen LogP contribution is 2.18. The zero-order valence-electron chi connectivity index (χ0n) is 42.2. The van der Waals surface area contributed by atoms with Gasteiger partial charge in [0.15, 0.2) is 0 Å². The van der Waals surface area contributed by atoms with Crippen molar-refractivity contribution < 1.29 is 24.5 Å². The summed E-state index contributed by atoms with van der Waals surface area (Å²) in [6.45, 7) is 6.46. The summed E-state index contributed by atoms with van der Waals surface area (Å²) in [7, 11) is 0. The molecular weight excluding hydrogens is 779 g/mol. The van der Waals surface area contributed by atoms with Gasteiger partial charge in [-0.2, -0.15) is 0 Å². The molecule has 370 valence electrons. The number of carbonyl (C=O) groups excluding carboxylic acids is 2. The molecule has 0 fully saturated rings. The van der Waals surface area contributed by atoms with E-state index >= 15 is 0 Å². The molecule has 3 N–H and O–H groups in total. The summed E-state index contributed by atoms with van der Waals surface area (Å²) in [6, 6.07) is -0.707. The lowest BCUT2D eigenvalue weighted by Crippen LogP contribution is -2.46. The third kappa shape index (κ3) is 46.4. The lowest BCUT2D eigenvalue weighted by molar-refractivity contribution is -0.151. The minimum atomic E-state index is -0.792. The molecule has 0 rings (SSSR count). The third-order valence-corrected chi connectivity index (χ3v) is 12.7. The Kier molecular flexibility index (Phi) is 49.5. The van der Waals surface area contributed by atoms with Crippen LogP contribution in [0.4, 0.5) is 0 Å². The molecule has 3 unspecified atom stereocenters. The monoisotopic (exact) mass is 886 g/mol. The second-order valence-corrected chi connectivity index (χ2v) is 19.0. The molecule has 0 spiro atoms. The quantitative estimate of drug-likeness (QED) is 0.0245. The van der Waals surface area contributed by atoms with Crippen molar-refractivity contribution >= 4 is 11.9 Å². The Morgan fingerprint density at radius 2 is 0.810 bits per heavy atom. The zero-order chi connectivity index (χ0) is 45.9. The van der Waals surface area contributed by atoms with Crippen LogP contribution < -0.4 is 5.32 Å². The van der Waals surface area contributed by atoms with E-state index in [1.165, 1.54) is 167 Å². The second kappa shape index (κ2) is 51.1. The highest BCUT2D eigenvalue weighted by molar-refractivity contribution is 5.77. The van der Waals surface area contributed by atoms with Gasteiger partial charge in [-0.05, 0) is 77.0 Å². The maximum atomic E-state index is 13.2. The topological polar surface area (TPSA) is 95.9 Å². The molecule has 1 amide bonds. The third-order valence-electron chi connectivity index (χ3n) is 12.7. The number of carbonyl (C=O) groups is 2. The fraction of sp³-hybridized carbons (Fsp3) is 0.860. The van der Waals surface area contributed by atoms with Gasteiger partial charge < -0.3 is 20.3 Å². The van der Waals surface area contributed by atoms with E-state index in [9.17, 15) is 19.8 Å². The van der Waals surface area contributed by atoms with Crippen molar-refractivity contribution in [2.45, 2.75) is 309 Å². The van der Waals surface area contributed by atoms with Gasteiger partial charge in [-0.1, -0.05) is 237 Å². The smallest absolute Gasteiger partial charge is 0.306 e. The number of rotatable bonds is 50. The standard InChI is InChI=1S/C57H107NO5/c1-4-7-10-13-16-19-22-25-27-28-29-32-35-38-41-44-47-50-57(62)63-53(48-45-42-39-36-33-30-24-21-18-15-12-9-6-3)51-56(61)58-54(52-59)55(60)49-46-43-40-37-34-31-26-23-20-17-14-11-8-5-2/h18,21,24-25,27,30,53-55,59-60H,4-17,19-20,22-23,26,28-29,31-52H2,1-3H3,(H,58,61)/b21-18+,27-25+,30-24+. The fourth-order valence-corrected chi connectivity index (χ4v) is 8.48. The van der Waals surface area contributed by atoms with Crippen LogP contribution in [0.3, 0.4) is 0 Å². The maximum Gasteiger partial charge on any atom is 0.306 e. The Labute approximate surface area is 392 Å². The van der Waals surface area contributed by atoms with Gasteiger partial charge in [-0.15, -0.1) is 0 Å². The van der Waals surface area contributed by atoms with Gasteiger partial charge in [-0.25, -0.2) is 0 Å². The van der Waals surface area contributed by atoms with Gasteiger partial charge >= 0.3 is 5.97 Å². The number of aliphatic hydroxyl groups excluding tert-OH is 2. The van der Waals surface area contributed by atoms with E-state index in [4.69, 9.17) is 4.74 Å². The van der Waals surface area contributed by atoms with Crippen molar-refractivity contribution in [2.24, 2.45) is 0 Å². The van der Waals surface area contributed by atoms with Gasteiger partial charge in [0.2, 0.25) is 5.91 Å². The number of hydrogen-bond donors (Lipinski definition) is 3. The molecule has 0 radical (unpaired) electrons. The lowest BCUT2D eigenvalue weighted by atomic mass is 10.0. The van der Waals surface area contributed by atoms with Gasteiger partial charge in [-0.3, -0.25) is 9.59 Å². The summed E-state index contributed by atoms with van der Waals surface area (Å²) in [5, 5.41) is 23.8. The van der Waals surface area contributed by atoms with Crippen molar-refractivity contribution in [2.75, 3.05) is 6.61 Å². The number of unbranched alkanes of at least 4 members (excludes halogenated alkanes) is 33. The van der Waals surface area contributed by atoms with Crippen molar-refractivity contribution in [1.29, 1.82) is 0 Å². The maximum absolute atomic E-state index is 13.2. The van der Waals surface area contributed by atoms with Gasteiger partial charge in [0.1, 0.15) is 6.10 Å². The summed E-state index contributed by atoms with van der Waals surface area (Å²) in [5.74, 6) is -0.488. The largest absolute Gasteiger partial charge is 0.462 e. The molecule has 0 aliphatic carbocycles. The summed E-state index contributed by atoms with van der Waals surface area (Å²) in [4.78, 5) is 26.2. The fourth-order valence-electron chi connectivity index (χ4n) is 8.48. The van der Waals surface area contributed by atoms with Crippen LogP contribution in [0, 0.1) is 0 Å². The first-order chi connectivity index (χ1) is 31.0. The SMILES string of the molecule is CCCCC/C=C/C=C/CCCCCCC(CC(=O)NC(CO)C(O)CCCCCCCCCCCCCCCC)OC(=O)CCCCCCCCC/C=C/CCCCCCCC. The van der Waals surface area contributed by atoms with E-state index in [1.54, 1.807) is 0 Å². The average Bonchev–Trinajstić information content (AvgIpc) is 3.28. The van der Waals surface area contributed by atoms with Crippen molar-refractivity contribution in [3.05, 3.63) is 36.5 Å². The van der Waals surface area contributed by atoms with Gasteiger partial charge in [0, 0.05) is 6.42 Å². The van der Waals surface area contributed by atoms with E-state index in [-0.39, 0.29) is 24.9 Å². The minimum Gasteiger partial charge on any atom is -0.462 e. The van der Waals surface area contributed by atoms with Crippen LogP contribution >= 0.6 is 0 Å². The van der Waals surface area contributed by atoms with Crippen LogP contribution in [0.2, 0.25) is 0 Å². The lowest BCUT2D eigenvalue weighted by Gasteiger charge is -2.24. The number of hydrogen-bond acceptors (Lipinski definition) is 5. The predicted molar refractivity (Wildman–Crippen MR) is 273 cm³/mol. The molecule has 0 saturated carbocycles. The van der Waals surface area contributed by atoms with Crippen LogP contribution in [0.25, 0.3) is 0 Å². The van der Waals surface area contributed by atoms with Crippen molar-refractivity contribution in [1.82, 2.24) is 5.32 Å². The molecule has 0 aromatic rings.